The van der Waals surface area contributed by atoms with Gasteiger partial charge in [0.15, 0.2) is 5.11 Å². The van der Waals surface area contributed by atoms with E-state index in [1.54, 1.807) is 6.08 Å². The molecule has 0 unspecified atom stereocenters. The average Bonchev–Trinajstić information content (AvgIpc) is 2.44. The Balaban J connectivity index is 2.09. The molecular weight excluding hydrogens is 260 g/mol. The Bertz CT molecular complexity index is 384. The van der Waals surface area contributed by atoms with E-state index in [0.29, 0.717) is 24.8 Å². The van der Waals surface area contributed by atoms with Crippen molar-refractivity contribution in [1.82, 2.24) is 10.6 Å². The van der Waals surface area contributed by atoms with Crippen molar-refractivity contribution < 1.29 is 9.84 Å². The third-order valence-electron chi connectivity index (χ3n) is 2.33. The van der Waals surface area contributed by atoms with E-state index in [4.69, 9.17) is 17.0 Å². The van der Waals surface area contributed by atoms with E-state index in [-0.39, 0.29) is 6.61 Å². The third-order valence-corrected chi connectivity index (χ3v) is 2.62. The molecule has 5 heteroatoms. The monoisotopic (exact) mass is 280 g/mol. The number of benzene rings is 1. The molecular formula is C14H20N2O2S. The van der Waals surface area contributed by atoms with Crippen LogP contribution in [-0.4, -0.2) is 36.0 Å². The molecule has 1 aromatic carbocycles. The van der Waals surface area contributed by atoms with Gasteiger partial charge in [0.1, 0.15) is 0 Å². The Hall–Kier alpha value is -1.43. The molecule has 0 aliphatic rings. The van der Waals surface area contributed by atoms with Crippen LogP contribution in [0.15, 0.2) is 43.0 Å². The Morgan fingerprint density at radius 3 is 2.79 bits per heavy atom. The van der Waals surface area contributed by atoms with Crippen molar-refractivity contribution in [3.63, 3.8) is 0 Å². The van der Waals surface area contributed by atoms with Crippen LogP contribution < -0.4 is 10.6 Å². The largest absolute Gasteiger partial charge is 0.389 e. The Kier molecular flexibility index (Phi) is 7.81. The van der Waals surface area contributed by atoms with Gasteiger partial charge in [0.2, 0.25) is 0 Å². The molecule has 0 aliphatic carbocycles. The van der Waals surface area contributed by atoms with Gasteiger partial charge in [-0.05, 0) is 17.8 Å². The molecule has 1 rings (SSSR count). The maximum Gasteiger partial charge on any atom is 0.166 e. The second-order valence-corrected chi connectivity index (χ2v) is 4.44. The molecule has 0 bridgehead atoms. The van der Waals surface area contributed by atoms with E-state index in [1.165, 1.54) is 0 Å². The van der Waals surface area contributed by atoms with Crippen molar-refractivity contribution in [1.29, 1.82) is 0 Å². The number of ether oxygens (including phenoxy) is 1. The van der Waals surface area contributed by atoms with Gasteiger partial charge < -0.3 is 20.5 Å². The van der Waals surface area contributed by atoms with Gasteiger partial charge in [0, 0.05) is 13.1 Å². The second-order valence-electron chi connectivity index (χ2n) is 4.03. The highest BCUT2D eigenvalue weighted by Crippen LogP contribution is 2.00. The van der Waals surface area contributed by atoms with Gasteiger partial charge >= 0.3 is 0 Å². The normalized spacial score (nSPS) is 11.6. The summed E-state index contributed by atoms with van der Waals surface area (Å²) in [6.45, 7) is 5.31. The minimum Gasteiger partial charge on any atom is -0.389 e. The molecule has 0 fully saturated rings. The van der Waals surface area contributed by atoms with Crippen LogP contribution in [0.4, 0.5) is 0 Å². The van der Waals surface area contributed by atoms with E-state index in [9.17, 15) is 5.11 Å². The predicted molar refractivity (Wildman–Crippen MR) is 80.9 cm³/mol. The first-order valence-electron chi connectivity index (χ1n) is 6.14. The summed E-state index contributed by atoms with van der Waals surface area (Å²) >= 11 is 5.01. The number of nitrogens with one attached hydrogen (secondary N) is 2. The molecule has 1 atom stereocenters. The second kappa shape index (κ2) is 9.49. The third kappa shape index (κ3) is 7.56. The van der Waals surface area contributed by atoms with Crippen molar-refractivity contribution in [2.24, 2.45) is 0 Å². The highest BCUT2D eigenvalue weighted by molar-refractivity contribution is 7.80. The lowest BCUT2D eigenvalue weighted by molar-refractivity contribution is 0.0309. The quantitative estimate of drug-likeness (QED) is 0.494. The number of rotatable bonds is 8. The molecule has 0 saturated carbocycles. The predicted octanol–water partition coefficient (Wildman–Crippen LogP) is 1.21. The molecule has 1 aromatic rings. The molecule has 0 aliphatic heterocycles. The summed E-state index contributed by atoms with van der Waals surface area (Å²) in [5.41, 5.74) is 1.09. The molecule has 0 amide bonds. The van der Waals surface area contributed by atoms with Gasteiger partial charge in [-0.15, -0.1) is 6.58 Å². The van der Waals surface area contributed by atoms with Gasteiger partial charge in [-0.2, -0.15) is 0 Å². The van der Waals surface area contributed by atoms with Crippen LogP contribution in [0.1, 0.15) is 5.56 Å². The van der Waals surface area contributed by atoms with E-state index in [0.717, 1.165) is 5.56 Å². The molecule has 3 N–H and O–H groups in total. The number of thiocarbonyl (C=S) groups is 1. The first-order chi connectivity index (χ1) is 9.22. The maximum absolute atomic E-state index is 9.71. The highest BCUT2D eigenvalue weighted by Gasteiger charge is 2.05. The SMILES string of the molecule is C=CCNC(=S)NC[C@@H](O)COCc1ccccc1. The average molecular weight is 280 g/mol. The highest BCUT2D eigenvalue weighted by atomic mass is 32.1. The van der Waals surface area contributed by atoms with Crippen LogP contribution in [0.25, 0.3) is 0 Å². The van der Waals surface area contributed by atoms with Gasteiger partial charge in [-0.3, -0.25) is 0 Å². The zero-order valence-corrected chi connectivity index (χ0v) is 11.7. The Labute approximate surface area is 119 Å². The van der Waals surface area contributed by atoms with Crippen molar-refractivity contribution in [3.05, 3.63) is 48.6 Å². The van der Waals surface area contributed by atoms with Gasteiger partial charge in [-0.25, -0.2) is 0 Å². The van der Waals surface area contributed by atoms with Crippen LogP contribution in [0.3, 0.4) is 0 Å². The fraction of sp³-hybridized carbons (Fsp3) is 0.357. The molecule has 0 radical (unpaired) electrons. The van der Waals surface area contributed by atoms with Crippen LogP contribution in [0.5, 0.6) is 0 Å². The summed E-state index contributed by atoms with van der Waals surface area (Å²) in [5.74, 6) is 0. The zero-order valence-electron chi connectivity index (χ0n) is 10.8. The van der Waals surface area contributed by atoms with Gasteiger partial charge in [0.05, 0.1) is 19.3 Å². The fourth-order valence-corrected chi connectivity index (χ4v) is 1.55. The number of aliphatic hydroxyl groups excluding tert-OH is 1. The summed E-state index contributed by atoms with van der Waals surface area (Å²) < 4.78 is 5.43. The number of hydrogen-bond acceptors (Lipinski definition) is 3. The zero-order chi connectivity index (χ0) is 13.9. The van der Waals surface area contributed by atoms with Crippen molar-refractivity contribution in [3.8, 4) is 0 Å². The van der Waals surface area contributed by atoms with Crippen molar-refractivity contribution in [2.45, 2.75) is 12.7 Å². The molecule has 104 valence electrons. The molecule has 0 heterocycles. The lowest BCUT2D eigenvalue weighted by Crippen LogP contribution is -2.40. The smallest absolute Gasteiger partial charge is 0.166 e. The van der Waals surface area contributed by atoms with Crippen LogP contribution in [0, 0.1) is 0 Å². The summed E-state index contributed by atoms with van der Waals surface area (Å²) in [7, 11) is 0. The first kappa shape index (κ1) is 15.6. The molecule has 19 heavy (non-hydrogen) atoms. The number of aliphatic hydroxyl groups is 1. The summed E-state index contributed by atoms with van der Waals surface area (Å²) in [6, 6.07) is 9.85. The topological polar surface area (TPSA) is 53.5 Å². The molecule has 4 nitrogen and oxygen atoms in total. The lowest BCUT2D eigenvalue weighted by Gasteiger charge is -2.14. The Morgan fingerprint density at radius 2 is 2.11 bits per heavy atom. The summed E-state index contributed by atoms with van der Waals surface area (Å²) in [6.07, 6.45) is 1.13. The standard InChI is InChI=1S/C14H20N2O2S/c1-2-8-15-14(19)16-9-13(17)11-18-10-12-6-4-3-5-7-12/h2-7,13,17H,1,8-11H2,(H2,15,16,19)/t13-/m1/s1. The van der Waals surface area contributed by atoms with Crippen molar-refractivity contribution >= 4 is 17.3 Å². The van der Waals surface area contributed by atoms with E-state index in [2.05, 4.69) is 17.2 Å². The molecule has 0 aromatic heterocycles. The maximum atomic E-state index is 9.71. The van der Waals surface area contributed by atoms with Crippen molar-refractivity contribution in [2.75, 3.05) is 19.7 Å². The fourth-order valence-electron chi connectivity index (χ4n) is 1.38. The minimum absolute atomic E-state index is 0.270. The molecule has 0 saturated heterocycles. The van der Waals surface area contributed by atoms with Crippen LogP contribution >= 0.6 is 12.2 Å². The lowest BCUT2D eigenvalue weighted by atomic mass is 10.2. The van der Waals surface area contributed by atoms with Crippen LogP contribution in [0.2, 0.25) is 0 Å². The van der Waals surface area contributed by atoms with E-state index < -0.39 is 6.10 Å². The van der Waals surface area contributed by atoms with E-state index in [1.807, 2.05) is 30.3 Å². The number of hydrogen-bond donors (Lipinski definition) is 3. The van der Waals surface area contributed by atoms with Crippen LogP contribution in [-0.2, 0) is 11.3 Å². The summed E-state index contributed by atoms with van der Waals surface area (Å²) in [4.78, 5) is 0. The van der Waals surface area contributed by atoms with Gasteiger partial charge in [0.25, 0.3) is 0 Å². The molecule has 0 spiro atoms. The minimum atomic E-state index is -0.591. The van der Waals surface area contributed by atoms with E-state index >= 15 is 0 Å². The Morgan fingerprint density at radius 1 is 1.37 bits per heavy atom. The van der Waals surface area contributed by atoms with Gasteiger partial charge in [-0.1, -0.05) is 36.4 Å². The first-order valence-corrected chi connectivity index (χ1v) is 6.55. The summed E-state index contributed by atoms with van der Waals surface area (Å²) in [5, 5.41) is 16.0.